The molecular formula is C31H46N2O8Si. The number of carbonyl (C=O) groups is 3. The van der Waals surface area contributed by atoms with Gasteiger partial charge in [0.25, 0.3) is 5.91 Å². The lowest BCUT2D eigenvalue weighted by Gasteiger charge is -2.38. The highest BCUT2D eigenvalue weighted by Gasteiger charge is 2.40. The lowest BCUT2D eigenvalue weighted by molar-refractivity contribution is -0.142. The summed E-state index contributed by atoms with van der Waals surface area (Å²) in [5.41, 5.74) is 1.32. The van der Waals surface area contributed by atoms with E-state index in [0.29, 0.717) is 31.7 Å². The Labute approximate surface area is 250 Å². The van der Waals surface area contributed by atoms with Gasteiger partial charge in [0.1, 0.15) is 13.2 Å². The number of esters is 1. The maximum Gasteiger partial charge on any atom is 0.411 e. The van der Waals surface area contributed by atoms with E-state index >= 15 is 0 Å². The summed E-state index contributed by atoms with van der Waals surface area (Å²) in [4.78, 5) is 40.0. The summed E-state index contributed by atoms with van der Waals surface area (Å²) in [5.74, 6) is -0.0924. The van der Waals surface area contributed by atoms with Crippen molar-refractivity contribution in [3.05, 3.63) is 55.2 Å². The molecule has 1 fully saturated rings. The van der Waals surface area contributed by atoms with E-state index in [4.69, 9.17) is 23.4 Å². The molecule has 1 heterocycles. The van der Waals surface area contributed by atoms with Crippen LogP contribution in [0.2, 0.25) is 18.1 Å². The summed E-state index contributed by atoms with van der Waals surface area (Å²) >= 11 is 0. The van der Waals surface area contributed by atoms with Crippen molar-refractivity contribution in [2.75, 3.05) is 45.4 Å². The van der Waals surface area contributed by atoms with E-state index < -0.39 is 14.4 Å². The van der Waals surface area contributed by atoms with E-state index in [0.717, 1.165) is 5.57 Å². The minimum absolute atomic E-state index is 0.00457. The summed E-state index contributed by atoms with van der Waals surface area (Å²) in [7, 11) is -0.595. The van der Waals surface area contributed by atoms with Crippen LogP contribution in [0.15, 0.2) is 49.6 Å². The molecule has 0 saturated carbocycles. The summed E-state index contributed by atoms with van der Waals surface area (Å²) in [6.07, 6.45) is 3.35. The van der Waals surface area contributed by atoms with Gasteiger partial charge in [0.2, 0.25) is 0 Å². The highest BCUT2D eigenvalue weighted by molar-refractivity contribution is 6.74. The molecule has 2 amide bonds. The van der Waals surface area contributed by atoms with Crippen molar-refractivity contribution >= 4 is 32.0 Å². The van der Waals surface area contributed by atoms with Crippen molar-refractivity contribution in [1.29, 1.82) is 0 Å². The molecule has 1 aliphatic rings. The number of benzene rings is 1. The van der Waals surface area contributed by atoms with Crippen molar-refractivity contribution in [2.45, 2.75) is 64.2 Å². The van der Waals surface area contributed by atoms with Gasteiger partial charge >= 0.3 is 12.1 Å². The zero-order valence-electron chi connectivity index (χ0n) is 25.9. The van der Waals surface area contributed by atoms with Crippen LogP contribution in [-0.4, -0.2) is 77.3 Å². The molecule has 10 nitrogen and oxygen atoms in total. The molecule has 0 unspecified atom stereocenters. The average Bonchev–Trinajstić information content (AvgIpc) is 3.31. The Bertz CT molecular complexity index is 1160. The van der Waals surface area contributed by atoms with E-state index in [1.165, 1.54) is 31.4 Å². The second kappa shape index (κ2) is 15.6. The molecule has 232 valence electrons. The Kier molecular flexibility index (Phi) is 12.9. The Hall–Kier alpha value is -3.57. The van der Waals surface area contributed by atoms with Crippen LogP contribution in [0.4, 0.5) is 10.5 Å². The first kappa shape index (κ1) is 34.6. The molecule has 42 heavy (non-hydrogen) atoms. The largest absolute Gasteiger partial charge is 0.493 e. The Balaban J connectivity index is 2.33. The van der Waals surface area contributed by atoms with Gasteiger partial charge in [-0.3, -0.25) is 14.9 Å². The molecule has 11 heteroatoms. The molecule has 1 aliphatic heterocycles. The fourth-order valence-electron chi connectivity index (χ4n) is 3.96. The Morgan fingerprint density at radius 2 is 1.76 bits per heavy atom. The Morgan fingerprint density at radius 1 is 1.10 bits per heavy atom. The third-order valence-corrected chi connectivity index (χ3v) is 11.8. The highest BCUT2D eigenvalue weighted by Crippen LogP contribution is 2.39. The first-order valence-corrected chi connectivity index (χ1v) is 16.9. The first-order chi connectivity index (χ1) is 19.7. The van der Waals surface area contributed by atoms with Crippen molar-refractivity contribution in [3.8, 4) is 11.5 Å². The maximum absolute atomic E-state index is 14.0. The van der Waals surface area contributed by atoms with Crippen LogP contribution < -0.4 is 14.8 Å². The number of carbonyl (C=O) groups excluding carboxylic acids is 3. The number of anilines is 1. The van der Waals surface area contributed by atoms with Crippen molar-refractivity contribution in [3.63, 3.8) is 0 Å². The van der Waals surface area contributed by atoms with Crippen LogP contribution in [0.1, 0.15) is 50.4 Å². The van der Waals surface area contributed by atoms with E-state index in [1.807, 2.05) is 0 Å². The van der Waals surface area contributed by atoms with Gasteiger partial charge in [-0.1, -0.05) is 58.2 Å². The zero-order valence-corrected chi connectivity index (χ0v) is 26.9. The average molecular weight is 603 g/mol. The molecule has 0 spiro atoms. The van der Waals surface area contributed by atoms with Gasteiger partial charge in [-0.25, -0.2) is 4.79 Å². The van der Waals surface area contributed by atoms with Crippen LogP contribution in [0.25, 0.3) is 0 Å². The standard InChI is InChI=1S/C31H46N2O8Si/c1-10-14-39-28(34)13-12-16-38-27-19-25(32-30(36)40-15-11-2)24(18-26(27)37-7)29(35)33-20-22(3)17-23(33)21-41-42(8,9)31(4,5)6/h10-11,18-19,23H,1-3,12-17,20-21H2,4-9H3,(H,32,36)/t23-/m0/s1. The van der Waals surface area contributed by atoms with Gasteiger partial charge in [-0.2, -0.15) is 0 Å². The van der Waals surface area contributed by atoms with Crippen LogP contribution in [-0.2, 0) is 18.7 Å². The van der Waals surface area contributed by atoms with Crippen molar-refractivity contribution in [2.24, 2.45) is 0 Å². The second-order valence-electron chi connectivity index (χ2n) is 11.6. The first-order valence-electron chi connectivity index (χ1n) is 14.0. The molecule has 1 saturated heterocycles. The third kappa shape index (κ3) is 9.76. The van der Waals surface area contributed by atoms with Crippen LogP contribution >= 0.6 is 0 Å². The maximum atomic E-state index is 14.0. The van der Waals surface area contributed by atoms with Crippen LogP contribution in [0.5, 0.6) is 11.5 Å². The summed E-state index contributed by atoms with van der Waals surface area (Å²) in [5, 5.41) is 2.68. The lowest BCUT2D eigenvalue weighted by Crippen LogP contribution is -2.46. The Morgan fingerprint density at radius 3 is 2.38 bits per heavy atom. The van der Waals surface area contributed by atoms with Gasteiger partial charge in [0.05, 0.1) is 37.6 Å². The number of hydrogen-bond acceptors (Lipinski definition) is 8. The van der Waals surface area contributed by atoms with Crippen molar-refractivity contribution in [1.82, 2.24) is 4.90 Å². The van der Waals surface area contributed by atoms with E-state index in [9.17, 15) is 14.4 Å². The number of ether oxygens (including phenoxy) is 4. The zero-order chi connectivity index (χ0) is 31.5. The number of rotatable bonds is 15. The number of hydrogen-bond donors (Lipinski definition) is 1. The normalized spacial score (nSPS) is 15.1. The minimum atomic E-state index is -2.06. The van der Waals surface area contributed by atoms with E-state index in [-0.39, 0.29) is 66.2 Å². The molecule has 0 bridgehead atoms. The van der Waals surface area contributed by atoms with Crippen LogP contribution in [0.3, 0.4) is 0 Å². The predicted molar refractivity (Wildman–Crippen MR) is 166 cm³/mol. The monoisotopic (exact) mass is 602 g/mol. The molecule has 0 aromatic heterocycles. The molecule has 0 aliphatic carbocycles. The summed E-state index contributed by atoms with van der Waals surface area (Å²) < 4.78 is 28.0. The molecule has 1 N–H and O–H groups in total. The molecule has 2 rings (SSSR count). The number of methoxy groups -OCH3 is 1. The summed E-state index contributed by atoms with van der Waals surface area (Å²) in [6, 6.07) is 2.84. The topological polar surface area (TPSA) is 113 Å². The van der Waals surface area contributed by atoms with Gasteiger partial charge in [0.15, 0.2) is 19.8 Å². The number of nitrogens with zero attached hydrogens (tertiary/aromatic N) is 1. The summed E-state index contributed by atoms with van der Waals surface area (Å²) in [6.45, 7) is 23.1. The highest BCUT2D eigenvalue weighted by atomic mass is 28.4. The fraction of sp³-hybridized carbons (Fsp3) is 0.516. The SMILES string of the molecule is C=CCOC(=O)CCCOc1cc(NC(=O)OCC=C)c(C(=O)N2CC(=C)C[C@H]2CO[Si](C)(C)C(C)(C)C)cc1OC. The molecular weight excluding hydrogens is 556 g/mol. The van der Waals surface area contributed by atoms with Gasteiger partial charge in [-0.05, 0) is 37.0 Å². The smallest absolute Gasteiger partial charge is 0.411 e. The van der Waals surface area contributed by atoms with E-state index in [2.05, 4.69) is 58.9 Å². The quantitative estimate of drug-likeness (QED) is 0.111. The van der Waals surface area contributed by atoms with Gasteiger partial charge < -0.3 is 28.3 Å². The van der Waals surface area contributed by atoms with Crippen molar-refractivity contribution < 1.29 is 37.8 Å². The van der Waals surface area contributed by atoms with Gasteiger partial charge in [-0.15, -0.1) is 0 Å². The third-order valence-electron chi connectivity index (χ3n) is 7.31. The fourth-order valence-corrected chi connectivity index (χ4v) is 5.00. The number of nitrogens with one attached hydrogen (secondary N) is 1. The lowest BCUT2D eigenvalue weighted by atomic mass is 10.1. The van der Waals surface area contributed by atoms with E-state index in [1.54, 1.807) is 4.90 Å². The minimum Gasteiger partial charge on any atom is -0.493 e. The molecule has 1 aromatic carbocycles. The predicted octanol–water partition coefficient (Wildman–Crippen LogP) is 6.11. The van der Waals surface area contributed by atoms with Crippen LogP contribution in [0, 0.1) is 0 Å². The number of amides is 2. The molecule has 1 atom stereocenters. The molecule has 1 aromatic rings. The second-order valence-corrected chi connectivity index (χ2v) is 16.4. The molecule has 0 radical (unpaired) electrons. The van der Waals surface area contributed by atoms with Gasteiger partial charge in [0, 0.05) is 19.0 Å². The number of likely N-dealkylation sites (tertiary alicyclic amines) is 1.